The third-order valence-electron chi connectivity index (χ3n) is 1.41. The fourth-order valence-corrected chi connectivity index (χ4v) is 0.852. The normalized spacial score (nSPS) is 9.18. The monoisotopic (exact) mass is 149 g/mol. The van der Waals surface area contributed by atoms with Gasteiger partial charge in [0.2, 0.25) is 0 Å². The highest BCUT2D eigenvalue weighted by molar-refractivity contribution is 5.66. The molecule has 0 radical (unpaired) electrons. The third-order valence-corrected chi connectivity index (χ3v) is 1.41. The zero-order valence-corrected chi connectivity index (χ0v) is 6.46. The number of benzene rings is 1. The molecule has 11 heavy (non-hydrogen) atoms. The molecule has 0 amide bonds. The molecular formula is C8H11N3. The van der Waals surface area contributed by atoms with Gasteiger partial charge in [-0.2, -0.15) is 5.10 Å². The van der Waals surface area contributed by atoms with Gasteiger partial charge in [0.15, 0.2) is 0 Å². The van der Waals surface area contributed by atoms with Crippen molar-refractivity contribution in [2.24, 2.45) is 5.10 Å². The second-order valence-electron chi connectivity index (χ2n) is 2.36. The molecule has 0 atom stereocenters. The Morgan fingerprint density at radius 1 is 1.55 bits per heavy atom. The summed E-state index contributed by atoms with van der Waals surface area (Å²) in [6, 6.07) is 5.70. The van der Waals surface area contributed by atoms with Crippen molar-refractivity contribution in [3.63, 3.8) is 0 Å². The Morgan fingerprint density at radius 2 is 2.27 bits per heavy atom. The fourth-order valence-electron chi connectivity index (χ4n) is 0.852. The lowest BCUT2D eigenvalue weighted by Crippen LogP contribution is -1.94. The fraction of sp³-hybridized carbons (Fsp3) is 0.125. The average molecular weight is 149 g/mol. The number of nitrogens with one attached hydrogen (secondary N) is 1. The molecule has 3 nitrogen and oxygen atoms in total. The minimum atomic E-state index is 0.683. The Kier molecular flexibility index (Phi) is 2.11. The quantitative estimate of drug-likeness (QED) is 0.381. The molecule has 0 spiro atoms. The maximum atomic E-state index is 5.63. The van der Waals surface area contributed by atoms with Crippen molar-refractivity contribution < 1.29 is 0 Å². The van der Waals surface area contributed by atoms with E-state index in [0.29, 0.717) is 5.69 Å². The Balaban J connectivity index is 3.01. The molecule has 0 aromatic heterocycles. The highest BCUT2D eigenvalue weighted by atomic mass is 15.3. The minimum Gasteiger partial charge on any atom is -0.397 e. The summed E-state index contributed by atoms with van der Waals surface area (Å²) in [5.74, 6) is 0. The summed E-state index contributed by atoms with van der Waals surface area (Å²) in [6.45, 7) is 5.30. The summed E-state index contributed by atoms with van der Waals surface area (Å²) in [5, 5.41) is 3.53. The van der Waals surface area contributed by atoms with E-state index in [1.165, 1.54) is 0 Å². The first-order valence-corrected chi connectivity index (χ1v) is 3.32. The van der Waals surface area contributed by atoms with Crippen molar-refractivity contribution in [3.8, 4) is 0 Å². The molecule has 0 aliphatic heterocycles. The van der Waals surface area contributed by atoms with E-state index in [0.717, 1.165) is 11.3 Å². The SMILES string of the molecule is C=NNc1cc(C)ccc1N. The van der Waals surface area contributed by atoms with Crippen molar-refractivity contribution in [1.29, 1.82) is 0 Å². The van der Waals surface area contributed by atoms with Gasteiger partial charge in [0.1, 0.15) is 0 Å². The molecular weight excluding hydrogens is 138 g/mol. The molecule has 0 fully saturated rings. The zero-order chi connectivity index (χ0) is 8.27. The van der Waals surface area contributed by atoms with Crippen LogP contribution in [0.1, 0.15) is 5.56 Å². The van der Waals surface area contributed by atoms with Crippen molar-refractivity contribution >= 4 is 18.1 Å². The van der Waals surface area contributed by atoms with Crippen LogP contribution >= 0.6 is 0 Å². The summed E-state index contributed by atoms with van der Waals surface area (Å²) < 4.78 is 0. The van der Waals surface area contributed by atoms with E-state index < -0.39 is 0 Å². The van der Waals surface area contributed by atoms with Crippen LogP contribution in [0.4, 0.5) is 11.4 Å². The van der Waals surface area contributed by atoms with E-state index >= 15 is 0 Å². The van der Waals surface area contributed by atoms with Crippen LogP contribution in [0.3, 0.4) is 0 Å². The Bertz CT molecular complexity index is 268. The van der Waals surface area contributed by atoms with Gasteiger partial charge in [0, 0.05) is 6.72 Å². The van der Waals surface area contributed by atoms with E-state index in [1.54, 1.807) is 0 Å². The highest BCUT2D eigenvalue weighted by Gasteiger charge is 1.95. The number of hydrogen-bond acceptors (Lipinski definition) is 3. The van der Waals surface area contributed by atoms with Crippen molar-refractivity contribution in [2.45, 2.75) is 6.92 Å². The molecule has 0 aliphatic rings. The number of anilines is 2. The first-order chi connectivity index (χ1) is 5.24. The Hall–Kier alpha value is -1.51. The van der Waals surface area contributed by atoms with Gasteiger partial charge in [-0.05, 0) is 24.6 Å². The number of hydrogen-bond donors (Lipinski definition) is 2. The number of aryl methyl sites for hydroxylation is 1. The van der Waals surface area contributed by atoms with E-state index in [1.807, 2.05) is 25.1 Å². The lowest BCUT2D eigenvalue weighted by atomic mass is 10.2. The van der Waals surface area contributed by atoms with Gasteiger partial charge in [-0.1, -0.05) is 6.07 Å². The predicted octanol–water partition coefficient (Wildman–Crippen LogP) is 1.60. The predicted molar refractivity (Wildman–Crippen MR) is 48.8 cm³/mol. The number of hydrazone groups is 1. The second-order valence-corrected chi connectivity index (χ2v) is 2.36. The van der Waals surface area contributed by atoms with Crippen molar-refractivity contribution in [1.82, 2.24) is 0 Å². The topological polar surface area (TPSA) is 50.4 Å². The largest absolute Gasteiger partial charge is 0.397 e. The van der Waals surface area contributed by atoms with Gasteiger partial charge in [0.05, 0.1) is 11.4 Å². The van der Waals surface area contributed by atoms with Crippen LogP contribution in [0.25, 0.3) is 0 Å². The molecule has 3 N–H and O–H groups in total. The lowest BCUT2D eigenvalue weighted by Gasteiger charge is -2.04. The van der Waals surface area contributed by atoms with E-state index in [9.17, 15) is 0 Å². The Labute approximate surface area is 65.9 Å². The molecule has 0 heterocycles. The second kappa shape index (κ2) is 3.05. The molecule has 0 unspecified atom stereocenters. The molecule has 0 bridgehead atoms. The molecule has 1 aromatic rings. The van der Waals surface area contributed by atoms with E-state index in [4.69, 9.17) is 5.73 Å². The standard InChI is InChI=1S/C8H11N3/c1-6-3-4-7(9)8(5-6)11-10-2/h3-5,11H,2,9H2,1H3. The number of nitrogens with two attached hydrogens (primary N) is 1. The van der Waals surface area contributed by atoms with Crippen molar-refractivity contribution in [3.05, 3.63) is 23.8 Å². The number of nitrogen functional groups attached to an aromatic ring is 1. The minimum absolute atomic E-state index is 0.683. The van der Waals surface area contributed by atoms with E-state index in [-0.39, 0.29) is 0 Å². The van der Waals surface area contributed by atoms with Gasteiger partial charge in [-0.25, -0.2) is 0 Å². The summed E-state index contributed by atoms with van der Waals surface area (Å²) in [7, 11) is 0. The van der Waals surface area contributed by atoms with Crippen LogP contribution < -0.4 is 11.2 Å². The summed E-state index contributed by atoms with van der Waals surface area (Å²) in [6.07, 6.45) is 0. The molecule has 1 rings (SSSR count). The summed E-state index contributed by atoms with van der Waals surface area (Å²) >= 11 is 0. The number of nitrogens with zero attached hydrogens (tertiary/aromatic N) is 1. The van der Waals surface area contributed by atoms with Crippen LogP contribution in [0.5, 0.6) is 0 Å². The Morgan fingerprint density at radius 3 is 2.91 bits per heavy atom. The van der Waals surface area contributed by atoms with Gasteiger partial charge < -0.3 is 5.73 Å². The molecule has 1 aromatic carbocycles. The van der Waals surface area contributed by atoms with Crippen molar-refractivity contribution in [2.75, 3.05) is 11.2 Å². The zero-order valence-electron chi connectivity index (χ0n) is 6.46. The number of rotatable bonds is 2. The molecule has 0 saturated heterocycles. The first-order valence-electron chi connectivity index (χ1n) is 3.32. The summed E-state index contributed by atoms with van der Waals surface area (Å²) in [4.78, 5) is 0. The molecule has 3 heteroatoms. The van der Waals surface area contributed by atoms with Crippen LogP contribution in [-0.4, -0.2) is 6.72 Å². The molecule has 58 valence electrons. The van der Waals surface area contributed by atoms with Gasteiger partial charge in [-0.3, -0.25) is 5.43 Å². The average Bonchev–Trinajstić information content (AvgIpc) is 1.98. The maximum absolute atomic E-state index is 5.63. The van der Waals surface area contributed by atoms with Crippen LogP contribution in [-0.2, 0) is 0 Å². The highest BCUT2D eigenvalue weighted by Crippen LogP contribution is 2.18. The van der Waals surface area contributed by atoms with Crippen LogP contribution in [0.15, 0.2) is 23.3 Å². The maximum Gasteiger partial charge on any atom is 0.0793 e. The third kappa shape index (κ3) is 1.70. The lowest BCUT2D eigenvalue weighted by molar-refractivity contribution is 1.34. The van der Waals surface area contributed by atoms with Gasteiger partial charge in [-0.15, -0.1) is 0 Å². The summed E-state index contributed by atoms with van der Waals surface area (Å²) in [5.41, 5.74) is 11.0. The van der Waals surface area contributed by atoms with E-state index in [2.05, 4.69) is 17.2 Å². The molecule has 0 aliphatic carbocycles. The van der Waals surface area contributed by atoms with Gasteiger partial charge in [0.25, 0.3) is 0 Å². The van der Waals surface area contributed by atoms with Crippen LogP contribution in [0, 0.1) is 6.92 Å². The smallest absolute Gasteiger partial charge is 0.0793 e. The van der Waals surface area contributed by atoms with Gasteiger partial charge >= 0.3 is 0 Å². The molecule has 0 saturated carbocycles. The van der Waals surface area contributed by atoms with Crippen LogP contribution in [0.2, 0.25) is 0 Å². The first kappa shape index (κ1) is 7.60.